The van der Waals surface area contributed by atoms with Crippen LogP contribution in [0, 0.1) is 11.3 Å². The highest BCUT2D eigenvalue weighted by Gasteiger charge is 2.21. The van der Waals surface area contributed by atoms with Gasteiger partial charge in [0.1, 0.15) is 6.04 Å². The van der Waals surface area contributed by atoms with Crippen LogP contribution < -0.4 is 25.4 Å². The van der Waals surface area contributed by atoms with Gasteiger partial charge in [-0.1, -0.05) is 30.3 Å². The van der Waals surface area contributed by atoms with E-state index in [1.165, 1.54) is 0 Å². The van der Waals surface area contributed by atoms with Gasteiger partial charge in [0, 0.05) is 24.7 Å². The van der Waals surface area contributed by atoms with Gasteiger partial charge in [-0.05, 0) is 17.7 Å². The molecule has 0 aliphatic carbocycles. The third-order valence-corrected chi connectivity index (χ3v) is 4.07. The van der Waals surface area contributed by atoms with Crippen LogP contribution in [0.3, 0.4) is 0 Å². The average molecular weight is 380 g/mol. The van der Waals surface area contributed by atoms with Crippen molar-refractivity contribution >= 4 is 17.6 Å². The van der Waals surface area contributed by atoms with Crippen molar-refractivity contribution in [3.63, 3.8) is 0 Å². The van der Waals surface area contributed by atoms with Crippen LogP contribution >= 0.6 is 0 Å². The maximum atomic E-state index is 12.5. The second-order valence-corrected chi connectivity index (χ2v) is 6.11. The van der Waals surface area contributed by atoms with Crippen molar-refractivity contribution in [1.29, 1.82) is 5.26 Å². The minimum Gasteiger partial charge on any atom is -0.454 e. The maximum Gasteiger partial charge on any atom is 0.319 e. The molecule has 0 aromatic heterocycles. The molecule has 2 aromatic carbocycles. The van der Waals surface area contributed by atoms with Crippen LogP contribution in [0.4, 0.5) is 10.5 Å². The number of anilines is 1. The summed E-state index contributed by atoms with van der Waals surface area (Å²) in [5, 5.41) is 16.7. The number of nitrogens with one attached hydrogen (secondary N) is 3. The van der Waals surface area contributed by atoms with E-state index in [0.29, 0.717) is 23.6 Å². The molecule has 3 amide bonds. The molecule has 0 radical (unpaired) electrons. The first kappa shape index (κ1) is 19.0. The minimum absolute atomic E-state index is 0.146. The predicted molar refractivity (Wildman–Crippen MR) is 102 cm³/mol. The second-order valence-electron chi connectivity index (χ2n) is 6.11. The average Bonchev–Trinajstić information content (AvgIpc) is 3.16. The van der Waals surface area contributed by atoms with E-state index in [2.05, 4.69) is 16.0 Å². The summed E-state index contributed by atoms with van der Waals surface area (Å²) >= 11 is 0. The van der Waals surface area contributed by atoms with Crippen molar-refractivity contribution in [1.82, 2.24) is 10.6 Å². The van der Waals surface area contributed by atoms with Gasteiger partial charge in [0.15, 0.2) is 11.5 Å². The molecule has 1 aliphatic rings. The normalized spacial score (nSPS) is 12.5. The molecule has 0 saturated heterocycles. The molecular formula is C20H20N4O4. The Balaban J connectivity index is 1.64. The Kier molecular flexibility index (Phi) is 6.31. The van der Waals surface area contributed by atoms with Gasteiger partial charge in [0.25, 0.3) is 0 Å². The molecule has 144 valence electrons. The highest BCUT2D eigenvalue weighted by Crippen LogP contribution is 2.34. The summed E-state index contributed by atoms with van der Waals surface area (Å²) in [4.78, 5) is 24.9. The molecule has 0 spiro atoms. The number of fused-ring (bicyclic) bond motifs is 1. The number of amides is 3. The Morgan fingerprint density at radius 3 is 2.68 bits per heavy atom. The Morgan fingerprint density at radius 2 is 1.89 bits per heavy atom. The summed E-state index contributed by atoms with van der Waals surface area (Å²) in [5.74, 6) is 0.817. The lowest BCUT2D eigenvalue weighted by molar-refractivity contribution is -0.122. The molecule has 8 heteroatoms. The molecule has 1 atom stereocenters. The first-order valence-corrected chi connectivity index (χ1v) is 8.81. The SMILES string of the molecule is N#CCCNC(=O)C(Cc1ccccc1)NC(=O)Nc1ccc2c(c1)OCO2. The molecule has 28 heavy (non-hydrogen) atoms. The highest BCUT2D eigenvalue weighted by atomic mass is 16.7. The van der Waals surface area contributed by atoms with Gasteiger partial charge in [-0.2, -0.15) is 5.26 Å². The maximum absolute atomic E-state index is 12.5. The standard InChI is InChI=1S/C20H20N4O4/c21-9-4-10-22-19(25)16(11-14-5-2-1-3-6-14)24-20(26)23-15-7-8-17-18(12-15)28-13-27-17/h1-3,5-8,12,16H,4,10-11,13H2,(H,22,25)(H2,23,24,26). The second kappa shape index (κ2) is 9.28. The first-order chi connectivity index (χ1) is 13.7. The number of carbonyl (C=O) groups is 2. The van der Waals surface area contributed by atoms with Crippen LogP contribution in [0.1, 0.15) is 12.0 Å². The number of nitriles is 1. The van der Waals surface area contributed by atoms with E-state index in [-0.39, 0.29) is 25.7 Å². The Labute approximate surface area is 162 Å². The zero-order chi connectivity index (χ0) is 19.8. The third kappa shape index (κ3) is 5.14. The molecule has 0 saturated carbocycles. The fourth-order valence-corrected chi connectivity index (χ4v) is 2.72. The quantitative estimate of drug-likeness (QED) is 0.637. The number of nitrogens with zero attached hydrogens (tertiary/aromatic N) is 1. The molecule has 1 heterocycles. The number of hydrogen-bond donors (Lipinski definition) is 3. The highest BCUT2D eigenvalue weighted by molar-refractivity contribution is 5.94. The van der Waals surface area contributed by atoms with Gasteiger partial charge >= 0.3 is 6.03 Å². The number of rotatable bonds is 7. The van der Waals surface area contributed by atoms with Crippen molar-refractivity contribution in [3.05, 3.63) is 54.1 Å². The van der Waals surface area contributed by atoms with Gasteiger partial charge in [-0.25, -0.2) is 4.79 Å². The van der Waals surface area contributed by atoms with Crippen LogP contribution in [0.15, 0.2) is 48.5 Å². The van der Waals surface area contributed by atoms with Gasteiger partial charge in [0.05, 0.1) is 12.5 Å². The van der Waals surface area contributed by atoms with Crippen molar-refractivity contribution in [3.8, 4) is 17.6 Å². The van der Waals surface area contributed by atoms with Crippen LogP contribution in [0.2, 0.25) is 0 Å². The number of benzene rings is 2. The summed E-state index contributed by atoms with van der Waals surface area (Å²) in [6, 6.07) is 15.1. The Bertz CT molecular complexity index is 880. The molecule has 8 nitrogen and oxygen atoms in total. The van der Waals surface area contributed by atoms with E-state index < -0.39 is 12.1 Å². The molecule has 0 bridgehead atoms. The van der Waals surface area contributed by atoms with Crippen LogP contribution in [-0.4, -0.2) is 31.3 Å². The lowest BCUT2D eigenvalue weighted by atomic mass is 10.1. The molecular weight excluding hydrogens is 360 g/mol. The molecule has 3 N–H and O–H groups in total. The smallest absolute Gasteiger partial charge is 0.319 e. The zero-order valence-electron chi connectivity index (χ0n) is 15.1. The lowest BCUT2D eigenvalue weighted by Crippen LogP contribution is -2.49. The van der Waals surface area contributed by atoms with Crippen molar-refractivity contribution in [2.24, 2.45) is 0 Å². The molecule has 1 aliphatic heterocycles. The fourth-order valence-electron chi connectivity index (χ4n) is 2.72. The molecule has 2 aromatic rings. The van der Waals surface area contributed by atoms with E-state index >= 15 is 0 Å². The van der Waals surface area contributed by atoms with Crippen molar-refractivity contribution < 1.29 is 19.1 Å². The Hall–Kier alpha value is -3.73. The van der Waals surface area contributed by atoms with Crippen LogP contribution in [0.25, 0.3) is 0 Å². The van der Waals surface area contributed by atoms with Gasteiger partial charge in [-0.15, -0.1) is 0 Å². The number of hydrogen-bond acceptors (Lipinski definition) is 5. The zero-order valence-corrected chi connectivity index (χ0v) is 15.1. The summed E-state index contributed by atoms with van der Waals surface area (Å²) in [5.41, 5.74) is 1.43. The van der Waals surface area contributed by atoms with E-state index in [4.69, 9.17) is 14.7 Å². The summed E-state index contributed by atoms with van der Waals surface area (Å²) in [6.45, 7) is 0.374. The minimum atomic E-state index is -0.782. The van der Waals surface area contributed by atoms with E-state index in [1.807, 2.05) is 36.4 Å². The Morgan fingerprint density at radius 1 is 1.11 bits per heavy atom. The lowest BCUT2D eigenvalue weighted by Gasteiger charge is -2.19. The van der Waals surface area contributed by atoms with E-state index in [0.717, 1.165) is 5.56 Å². The monoisotopic (exact) mass is 380 g/mol. The fraction of sp³-hybridized carbons (Fsp3) is 0.250. The number of urea groups is 1. The molecule has 3 rings (SSSR count). The molecule has 1 unspecified atom stereocenters. The summed E-state index contributed by atoms with van der Waals surface area (Å²) in [6.07, 6.45) is 0.529. The third-order valence-electron chi connectivity index (χ3n) is 4.07. The number of carbonyl (C=O) groups excluding carboxylic acids is 2. The van der Waals surface area contributed by atoms with Gasteiger partial charge in [0.2, 0.25) is 12.7 Å². The van der Waals surface area contributed by atoms with Gasteiger partial charge in [-0.3, -0.25) is 4.79 Å². The van der Waals surface area contributed by atoms with Crippen molar-refractivity contribution in [2.75, 3.05) is 18.7 Å². The topological polar surface area (TPSA) is 112 Å². The summed E-state index contributed by atoms with van der Waals surface area (Å²) in [7, 11) is 0. The van der Waals surface area contributed by atoms with E-state index in [9.17, 15) is 9.59 Å². The van der Waals surface area contributed by atoms with Crippen LogP contribution in [-0.2, 0) is 11.2 Å². The summed E-state index contributed by atoms with van der Waals surface area (Å²) < 4.78 is 10.5. The molecule has 0 fully saturated rings. The largest absolute Gasteiger partial charge is 0.454 e. The van der Waals surface area contributed by atoms with Gasteiger partial charge < -0.3 is 25.4 Å². The van der Waals surface area contributed by atoms with Crippen molar-refractivity contribution in [2.45, 2.75) is 18.9 Å². The number of ether oxygens (including phenoxy) is 2. The first-order valence-electron chi connectivity index (χ1n) is 8.81. The van der Waals surface area contributed by atoms with E-state index in [1.54, 1.807) is 18.2 Å². The van der Waals surface area contributed by atoms with Crippen LogP contribution in [0.5, 0.6) is 11.5 Å². The predicted octanol–water partition coefficient (Wildman–Crippen LogP) is 2.18.